The summed E-state index contributed by atoms with van der Waals surface area (Å²) >= 11 is 0. The molecule has 2 aromatic heterocycles. The van der Waals surface area contributed by atoms with Crippen LogP contribution in [0, 0.1) is 12.8 Å². The molecule has 0 saturated carbocycles. The van der Waals surface area contributed by atoms with Crippen LogP contribution in [0.5, 0.6) is 5.75 Å². The van der Waals surface area contributed by atoms with Crippen molar-refractivity contribution in [3.8, 4) is 5.75 Å². The molecule has 5 atom stereocenters. The number of nitrogen functional groups attached to an aromatic ring is 1. The first-order valence-electron chi connectivity index (χ1n) is 13.0. The molecule has 13 nitrogen and oxygen atoms in total. The summed E-state index contributed by atoms with van der Waals surface area (Å²) in [6, 6.07) is 9.48. The highest BCUT2D eigenvalue weighted by atomic mass is 32.2. The van der Waals surface area contributed by atoms with Gasteiger partial charge in [0.2, 0.25) is 5.95 Å². The molecule has 0 aliphatic carbocycles. The quantitative estimate of drug-likeness (QED) is 0.158. The van der Waals surface area contributed by atoms with E-state index < -0.39 is 31.0 Å². The van der Waals surface area contributed by atoms with Crippen LogP contribution in [0.3, 0.4) is 0 Å². The average Bonchev–Trinajstić information content (AvgIpc) is 3.49. The fourth-order valence-corrected chi connectivity index (χ4v) is 6.35. The monoisotopic (exact) mass is 607 g/mol. The van der Waals surface area contributed by atoms with Crippen molar-refractivity contribution in [2.75, 3.05) is 37.8 Å². The summed E-state index contributed by atoms with van der Waals surface area (Å²) < 4.78 is 37.3. The Morgan fingerprint density at radius 3 is 2.66 bits per heavy atom. The Bertz CT molecular complexity index is 1390. The fraction of sp³-hybridized carbons (Fsp3) is 0.500. The number of aryl methyl sites for hydroxylation is 1. The van der Waals surface area contributed by atoms with Crippen molar-refractivity contribution < 1.29 is 27.5 Å². The van der Waals surface area contributed by atoms with Crippen molar-refractivity contribution in [2.24, 2.45) is 5.92 Å². The topological polar surface area (TPSA) is 155 Å². The van der Waals surface area contributed by atoms with Crippen molar-refractivity contribution >= 4 is 48.3 Å². The molecule has 3 heterocycles. The molecule has 4 N–H and O–H groups in total. The lowest BCUT2D eigenvalue weighted by atomic mass is 10.1. The standard InChI is InChI=1S/C26H38N7O6PS/c1-16-8-10-18(11-9-16)39-40(30-26(3,4)24(34)36-6)37-15-19-14-17(2)23(38-19)33-13-12-20-21(32(5)31-41(7)35)28-25(27)29-22(20)33/h8-13,17,19,23,30-31H,14-15H2,1-7H3,(H2,27,28,29). The van der Waals surface area contributed by atoms with Gasteiger partial charge in [-0.05, 0) is 45.4 Å². The van der Waals surface area contributed by atoms with Gasteiger partial charge in [-0.2, -0.15) is 9.97 Å². The summed E-state index contributed by atoms with van der Waals surface area (Å²) in [7, 11) is 0.0407. The Morgan fingerprint density at radius 2 is 2.00 bits per heavy atom. The van der Waals surface area contributed by atoms with Gasteiger partial charge in [-0.3, -0.25) is 9.80 Å². The lowest BCUT2D eigenvalue weighted by Crippen LogP contribution is -2.45. The number of esters is 1. The second-order valence-electron chi connectivity index (χ2n) is 10.5. The van der Waals surface area contributed by atoms with E-state index >= 15 is 0 Å². The van der Waals surface area contributed by atoms with Crippen LogP contribution in [0.15, 0.2) is 36.5 Å². The number of anilines is 2. The number of nitrogens with zero attached hydrogens (tertiary/aromatic N) is 4. The summed E-state index contributed by atoms with van der Waals surface area (Å²) in [6.45, 7) is 7.75. The van der Waals surface area contributed by atoms with E-state index in [0.29, 0.717) is 17.2 Å². The Morgan fingerprint density at radius 1 is 1.29 bits per heavy atom. The van der Waals surface area contributed by atoms with Crippen molar-refractivity contribution in [1.82, 2.24) is 24.5 Å². The number of aromatic nitrogens is 3. The second-order valence-corrected chi connectivity index (χ2v) is 12.8. The van der Waals surface area contributed by atoms with Gasteiger partial charge in [-0.1, -0.05) is 24.6 Å². The van der Waals surface area contributed by atoms with Gasteiger partial charge in [-0.15, -0.1) is 4.83 Å². The molecule has 1 aromatic carbocycles. The van der Waals surface area contributed by atoms with Gasteiger partial charge in [0.25, 0.3) is 0 Å². The minimum Gasteiger partial charge on any atom is -0.468 e. The maximum Gasteiger partial charge on any atom is 0.325 e. The van der Waals surface area contributed by atoms with Gasteiger partial charge < -0.3 is 28.8 Å². The molecule has 1 fully saturated rings. The molecule has 3 aromatic rings. The van der Waals surface area contributed by atoms with Gasteiger partial charge >= 0.3 is 14.5 Å². The number of methoxy groups -OCH3 is 1. The zero-order valence-electron chi connectivity index (χ0n) is 24.3. The van der Waals surface area contributed by atoms with Crippen molar-refractivity contribution in [3.05, 3.63) is 42.1 Å². The van der Waals surface area contributed by atoms with Gasteiger partial charge in [0, 0.05) is 25.4 Å². The molecule has 0 spiro atoms. The SMILES string of the molecule is COC(=O)C(C)(C)NP(OCC1CC(C)C(n2ccc3c(N(C)NS(C)=O)nc(N)nc32)O1)Oc1ccc(C)cc1. The summed E-state index contributed by atoms with van der Waals surface area (Å²) in [5.74, 6) is 0.906. The van der Waals surface area contributed by atoms with Crippen LogP contribution >= 0.6 is 8.53 Å². The van der Waals surface area contributed by atoms with E-state index in [1.807, 2.05) is 48.0 Å². The number of rotatable bonds is 12. The largest absolute Gasteiger partial charge is 0.468 e. The molecule has 5 unspecified atom stereocenters. The Balaban J connectivity index is 1.49. The number of ether oxygens (including phenoxy) is 2. The first-order chi connectivity index (χ1) is 19.4. The Labute approximate surface area is 243 Å². The summed E-state index contributed by atoms with van der Waals surface area (Å²) in [4.78, 5) is 23.9. The smallest absolute Gasteiger partial charge is 0.325 e. The van der Waals surface area contributed by atoms with Gasteiger partial charge in [0.15, 0.2) is 5.82 Å². The predicted molar refractivity (Wildman–Crippen MR) is 159 cm³/mol. The summed E-state index contributed by atoms with van der Waals surface area (Å²) in [5.41, 5.74) is 6.71. The molecule has 224 valence electrons. The van der Waals surface area contributed by atoms with Crippen LogP contribution in [0.25, 0.3) is 11.0 Å². The number of fused-ring (bicyclic) bond motifs is 1. The zero-order chi connectivity index (χ0) is 29.9. The molecule has 41 heavy (non-hydrogen) atoms. The molecule has 15 heteroatoms. The Hall–Kier alpha value is -2.87. The van der Waals surface area contributed by atoms with Crippen LogP contribution in [0.4, 0.5) is 11.8 Å². The van der Waals surface area contributed by atoms with Crippen LogP contribution in [0.2, 0.25) is 0 Å². The first kappa shape index (κ1) is 31.1. The molecule has 1 saturated heterocycles. The molecule has 4 rings (SSSR count). The van der Waals surface area contributed by atoms with E-state index in [1.165, 1.54) is 13.4 Å². The number of carbonyl (C=O) groups excluding carboxylic acids is 1. The van der Waals surface area contributed by atoms with Crippen molar-refractivity contribution in [2.45, 2.75) is 52.0 Å². The van der Waals surface area contributed by atoms with E-state index in [0.717, 1.165) is 17.4 Å². The van der Waals surface area contributed by atoms with Crippen molar-refractivity contribution in [1.29, 1.82) is 0 Å². The number of hydrogen-bond acceptors (Lipinski definition) is 11. The molecule has 1 aliphatic rings. The minimum absolute atomic E-state index is 0.0895. The number of hydrazine groups is 1. The van der Waals surface area contributed by atoms with Crippen LogP contribution in [0.1, 0.15) is 39.0 Å². The zero-order valence-corrected chi connectivity index (χ0v) is 26.0. The average molecular weight is 608 g/mol. The summed E-state index contributed by atoms with van der Waals surface area (Å²) in [6.07, 6.45) is 3.57. The van der Waals surface area contributed by atoms with Gasteiger partial charge in [0.1, 0.15) is 34.1 Å². The molecular weight excluding hydrogens is 569 g/mol. The van der Waals surface area contributed by atoms with Crippen LogP contribution < -0.4 is 25.2 Å². The lowest BCUT2D eigenvalue weighted by molar-refractivity contribution is -0.146. The lowest BCUT2D eigenvalue weighted by Gasteiger charge is -2.28. The minimum atomic E-state index is -1.73. The number of carbonyl (C=O) groups is 1. The maximum atomic E-state index is 12.3. The maximum absolute atomic E-state index is 12.3. The van der Waals surface area contributed by atoms with Crippen LogP contribution in [-0.4, -0.2) is 63.4 Å². The fourth-order valence-electron chi connectivity index (χ4n) is 4.55. The third kappa shape index (κ3) is 7.51. The van der Waals surface area contributed by atoms with Gasteiger partial charge in [-0.25, -0.2) is 9.30 Å². The highest BCUT2D eigenvalue weighted by Gasteiger charge is 2.37. The van der Waals surface area contributed by atoms with Gasteiger partial charge in [0.05, 0.1) is 25.2 Å². The first-order valence-corrected chi connectivity index (χ1v) is 15.8. The van der Waals surface area contributed by atoms with E-state index in [2.05, 4.69) is 26.8 Å². The molecular formula is C26H38N7O6PS. The molecule has 0 bridgehead atoms. The van der Waals surface area contributed by atoms with E-state index in [1.54, 1.807) is 25.9 Å². The third-order valence-corrected chi connectivity index (χ3v) is 8.57. The predicted octanol–water partition coefficient (Wildman–Crippen LogP) is 3.34. The highest BCUT2D eigenvalue weighted by Crippen LogP contribution is 2.42. The highest BCUT2D eigenvalue weighted by molar-refractivity contribution is 7.82. The number of nitrogens with two attached hydrogens (primary N) is 1. The normalized spacial score (nSPS) is 20.6. The molecule has 1 aliphatic heterocycles. The molecule has 0 amide bonds. The van der Waals surface area contributed by atoms with E-state index in [9.17, 15) is 9.00 Å². The molecule has 0 radical (unpaired) electrons. The number of nitrogens with one attached hydrogen (secondary N) is 2. The van der Waals surface area contributed by atoms with E-state index in [4.69, 9.17) is 24.3 Å². The second kappa shape index (κ2) is 13.0. The van der Waals surface area contributed by atoms with E-state index in [-0.39, 0.29) is 30.8 Å². The van der Waals surface area contributed by atoms with Crippen molar-refractivity contribution in [3.63, 3.8) is 0 Å². The van der Waals surface area contributed by atoms with Crippen LogP contribution in [-0.2, 0) is 29.8 Å². The number of hydrogen-bond donors (Lipinski definition) is 3. The summed E-state index contributed by atoms with van der Waals surface area (Å²) in [5, 5.41) is 5.46. The third-order valence-electron chi connectivity index (χ3n) is 6.53. The Kier molecular flexibility index (Phi) is 9.83. The number of benzene rings is 1.